The van der Waals surface area contributed by atoms with Crippen molar-refractivity contribution < 1.29 is 4.74 Å². The molecule has 14 heavy (non-hydrogen) atoms. The van der Waals surface area contributed by atoms with Crippen LogP contribution in [0.5, 0.6) is 0 Å². The van der Waals surface area contributed by atoms with Crippen LogP contribution in [-0.2, 0) is 4.74 Å². The highest BCUT2D eigenvalue weighted by atomic mass is 16.5. The Morgan fingerprint density at radius 2 is 2.21 bits per heavy atom. The fourth-order valence-corrected chi connectivity index (χ4v) is 2.59. The number of nitrogens with zero attached hydrogens (tertiary/aromatic N) is 1. The Morgan fingerprint density at radius 1 is 1.43 bits per heavy atom. The molecule has 0 aromatic heterocycles. The molecule has 2 heterocycles. The van der Waals surface area contributed by atoms with Gasteiger partial charge in [-0.1, -0.05) is 0 Å². The summed E-state index contributed by atoms with van der Waals surface area (Å²) >= 11 is 0. The van der Waals surface area contributed by atoms with E-state index in [2.05, 4.69) is 17.3 Å². The molecule has 2 aliphatic rings. The third-order valence-corrected chi connectivity index (χ3v) is 3.56. The maximum atomic E-state index is 5.45. The second-order valence-corrected chi connectivity index (χ2v) is 4.53. The van der Waals surface area contributed by atoms with Crippen molar-refractivity contribution >= 4 is 0 Å². The van der Waals surface area contributed by atoms with Crippen molar-refractivity contribution in [1.82, 2.24) is 10.2 Å². The second-order valence-electron chi connectivity index (χ2n) is 4.53. The van der Waals surface area contributed by atoms with E-state index in [0.29, 0.717) is 6.04 Å². The van der Waals surface area contributed by atoms with E-state index in [4.69, 9.17) is 4.74 Å². The largest absolute Gasteiger partial charge is 0.381 e. The number of hydrogen-bond donors (Lipinski definition) is 1. The van der Waals surface area contributed by atoms with Gasteiger partial charge in [0.25, 0.3) is 0 Å². The van der Waals surface area contributed by atoms with E-state index >= 15 is 0 Å². The Morgan fingerprint density at radius 3 is 2.79 bits per heavy atom. The Balaban J connectivity index is 1.79. The molecule has 0 spiro atoms. The molecule has 0 saturated carbocycles. The average Bonchev–Trinajstić information content (AvgIpc) is 2.86. The standard InChI is InChI=1S/C11H22N2O/c1-12-11(10-4-7-14-9-10)8-13-5-2-3-6-13/h10-12H,2-9H2,1H3. The molecular formula is C11H22N2O. The summed E-state index contributed by atoms with van der Waals surface area (Å²) in [6.07, 6.45) is 4.01. The van der Waals surface area contributed by atoms with Crippen molar-refractivity contribution in [3.8, 4) is 0 Å². The van der Waals surface area contributed by atoms with Crippen LogP contribution in [0, 0.1) is 5.92 Å². The Kier molecular flexibility index (Phi) is 3.79. The van der Waals surface area contributed by atoms with E-state index < -0.39 is 0 Å². The zero-order valence-electron chi connectivity index (χ0n) is 9.17. The third kappa shape index (κ3) is 2.47. The summed E-state index contributed by atoms with van der Waals surface area (Å²) in [5, 5.41) is 3.45. The van der Waals surface area contributed by atoms with Gasteiger partial charge in [-0.3, -0.25) is 0 Å². The first-order valence-corrected chi connectivity index (χ1v) is 5.87. The zero-order chi connectivity index (χ0) is 9.80. The van der Waals surface area contributed by atoms with Crippen molar-refractivity contribution in [3.05, 3.63) is 0 Å². The van der Waals surface area contributed by atoms with Gasteiger partial charge in [-0.2, -0.15) is 0 Å². The second kappa shape index (κ2) is 5.10. The quantitative estimate of drug-likeness (QED) is 0.720. The molecule has 0 aromatic rings. The summed E-state index contributed by atoms with van der Waals surface area (Å²) in [6, 6.07) is 0.635. The van der Waals surface area contributed by atoms with Gasteiger partial charge in [-0.15, -0.1) is 0 Å². The maximum absolute atomic E-state index is 5.45. The normalized spacial score (nSPS) is 31.1. The zero-order valence-corrected chi connectivity index (χ0v) is 9.17. The van der Waals surface area contributed by atoms with Crippen LogP contribution in [-0.4, -0.2) is 50.8 Å². The predicted molar refractivity (Wildman–Crippen MR) is 57.4 cm³/mol. The van der Waals surface area contributed by atoms with Gasteiger partial charge in [0.15, 0.2) is 0 Å². The van der Waals surface area contributed by atoms with E-state index in [1.165, 1.54) is 38.9 Å². The minimum absolute atomic E-state index is 0.635. The van der Waals surface area contributed by atoms with Crippen LogP contribution in [0.15, 0.2) is 0 Å². The van der Waals surface area contributed by atoms with Gasteiger partial charge in [0.2, 0.25) is 0 Å². The van der Waals surface area contributed by atoms with Gasteiger partial charge >= 0.3 is 0 Å². The van der Waals surface area contributed by atoms with Crippen LogP contribution < -0.4 is 5.32 Å². The lowest BCUT2D eigenvalue weighted by Crippen LogP contribution is -2.43. The van der Waals surface area contributed by atoms with Crippen LogP contribution in [0.4, 0.5) is 0 Å². The van der Waals surface area contributed by atoms with E-state index in [1.807, 2.05) is 0 Å². The Hall–Kier alpha value is -0.120. The fraction of sp³-hybridized carbons (Fsp3) is 1.00. The first-order valence-electron chi connectivity index (χ1n) is 5.87. The molecule has 0 bridgehead atoms. The third-order valence-electron chi connectivity index (χ3n) is 3.56. The molecule has 0 amide bonds. The summed E-state index contributed by atoms with van der Waals surface area (Å²) in [4.78, 5) is 2.58. The van der Waals surface area contributed by atoms with Crippen molar-refractivity contribution in [2.45, 2.75) is 25.3 Å². The van der Waals surface area contributed by atoms with Crippen LogP contribution in [0.3, 0.4) is 0 Å². The molecule has 2 aliphatic heterocycles. The molecule has 2 atom stereocenters. The van der Waals surface area contributed by atoms with Crippen LogP contribution >= 0.6 is 0 Å². The Labute approximate surface area is 86.8 Å². The molecule has 0 aromatic carbocycles. The van der Waals surface area contributed by atoms with Crippen LogP contribution in [0.25, 0.3) is 0 Å². The predicted octanol–water partition coefficient (Wildman–Crippen LogP) is 0.707. The first-order chi connectivity index (χ1) is 6.90. The SMILES string of the molecule is CNC(CN1CCCC1)C1CCOC1. The topological polar surface area (TPSA) is 24.5 Å². The minimum Gasteiger partial charge on any atom is -0.381 e. The highest BCUT2D eigenvalue weighted by Crippen LogP contribution is 2.18. The van der Waals surface area contributed by atoms with E-state index in [-0.39, 0.29) is 0 Å². The van der Waals surface area contributed by atoms with Crippen molar-refractivity contribution in [1.29, 1.82) is 0 Å². The molecule has 0 aliphatic carbocycles. The average molecular weight is 198 g/mol. The highest BCUT2D eigenvalue weighted by molar-refractivity contribution is 4.82. The van der Waals surface area contributed by atoms with Crippen molar-refractivity contribution in [2.24, 2.45) is 5.92 Å². The van der Waals surface area contributed by atoms with Crippen molar-refractivity contribution in [3.63, 3.8) is 0 Å². The molecule has 3 nitrogen and oxygen atoms in total. The maximum Gasteiger partial charge on any atom is 0.0510 e. The first kappa shape index (κ1) is 10.4. The van der Waals surface area contributed by atoms with Gasteiger partial charge in [0.05, 0.1) is 6.61 Å². The Bertz CT molecular complexity index is 163. The summed E-state index contributed by atoms with van der Waals surface area (Å²) in [6.45, 7) is 5.73. The summed E-state index contributed by atoms with van der Waals surface area (Å²) in [7, 11) is 2.08. The lowest BCUT2D eigenvalue weighted by Gasteiger charge is -2.26. The fourth-order valence-electron chi connectivity index (χ4n) is 2.59. The number of nitrogens with one attached hydrogen (secondary N) is 1. The van der Waals surface area contributed by atoms with Gasteiger partial charge < -0.3 is 15.0 Å². The highest BCUT2D eigenvalue weighted by Gasteiger charge is 2.26. The van der Waals surface area contributed by atoms with Crippen molar-refractivity contribution in [2.75, 3.05) is 39.9 Å². The van der Waals surface area contributed by atoms with E-state index in [9.17, 15) is 0 Å². The molecular weight excluding hydrogens is 176 g/mol. The molecule has 2 fully saturated rings. The number of ether oxygens (including phenoxy) is 1. The minimum atomic E-state index is 0.635. The molecule has 2 saturated heterocycles. The molecule has 3 heteroatoms. The van der Waals surface area contributed by atoms with E-state index in [1.54, 1.807) is 0 Å². The summed E-state index contributed by atoms with van der Waals surface area (Å²) in [5.41, 5.74) is 0. The monoisotopic (exact) mass is 198 g/mol. The molecule has 1 N–H and O–H groups in total. The number of likely N-dealkylation sites (tertiary alicyclic amines) is 1. The lowest BCUT2D eigenvalue weighted by atomic mass is 9.99. The molecule has 2 rings (SSSR count). The molecule has 2 unspecified atom stereocenters. The van der Waals surface area contributed by atoms with Gasteiger partial charge in [-0.25, -0.2) is 0 Å². The lowest BCUT2D eigenvalue weighted by molar-refractivity contribution is 0.168. The van der Waals surface area contributed by atoms with E-state index in [0.717, 1.165) is 19.1 Å². The molecule has 82 valence electrons. The number of rotatable bonds is 4. The number of likely N-dealkylation sites (N-methyl/N-ethyl adjacent to an activating group) is 1. The van der Waals surface area contributed by atoms with Crippen LogP contribution in [0.1, 0.15) is 19.3 Å². The smallest absolute Gasteiger partial charge is 0.0510 e. The number of hydrogen-bond acceptors (Lipinski definition) is 3. The summed E-state index contributed by atoms with van der Waals surface area (Å²) in [5.74, 6) is 0.737. The van der Waals surface area contributed by atoms with Gasteiger partial charge in [-0.05, 0) is 39.4 Å². The summed E-state index contributed by atoms with van der Waals surface area (Å²) < 4.78 is 5.45. The van der Waals surface area contributed by atoms with Crippen LogP contribution in [0.2, 0.25) is 0 Å². The molecule has 0 radical (unpaired) electrons. The van der Waals surface area contributed by atoms with Gasteiger partial charge in [0, 0.05) is 25.1 Å². The van der Waals surface area contributed by atoms with Gasteiger partial charge in [0.1, 0.15) is 0 Å².